The summed E-state index contributed by atoms with van der Waals surface area (Å²) in [6, 6.07) is 18.3. The molecule has 0 amide bonds. The highest BCUT2D eigenvalue weighted by molar-refractivity contribution is 5.99. The van der Waals surface area contributed by atoms with Crippen LogP contribution in [0, 0.1) is 0 Å². The van der Waals surface area contributed by atoms with Gasteiger partial charge in [0.1, 0.15) is 5.75 Å². The predicted octanol–water partition coefficient (Wildman–Crippen LogP) is 5.00. The Kier molecular flexibility index (Phi) is 5.33. The van der Waals surface area contributed by atoms with Crippen molar-refractivity contribution in [2.75, 3.05) is 0 Å². The van der Waals surface area contributed by atoms with Crippen LogP contribution in [0.5, 0.6) is 5.75 Å². The van der Waals surface area contributed by atoms with E-state index in [1.54, 1.807) is 0 Å². The van der Waals surface area contributed by atoms with E-state index in [2.05, 4.69) is 23.2 Å². The number of benzene rings is 2. The highest BCUT2D eigenvalue weighted by Crippen LogP contribution is 2.17. The van der Waals surface area contributed by atoms with Crippen molar-refractivity contribution >= 4 is 5.71 Å². The van der Waals surface area contributed by atoms with Crippen LogP contribution in [0.25, 0.3) is 0 Å². The second-order valence-corrected chi connectivity index (χ2v) is 4.92. The summed E-state index contributed by atoms with van der Waals surface area (Å²) in [5.41, 5.74) is 3.32. The molecular formula is C19H21NO. The lowest BCUT2D eigenvalue weighted by molar-refractivity contribution is 0.426. The molecule has 2 rings (SSSR count). The Bertz CT molecular complexity index is 642. The maximum absolute atomic E-state index is 5.72. The summed E-state index contributed by atoms with van der Waals surface area (Å²) in [6.45, 7) is 6.64. The first kappa shape index (κ1) is 15.0. The van der Waals surface area contributed by atoms with Gasteiger partial charge in [0.2, 0.25) is 0 Å². The first-order chi connectivity index (χ1) is 10.2. The number of rotatable bonds is 5. The topological polar surface area (TPSA) is 21.6 Å². The normalized spacial score (nSPS) is 12.3. The Morgan fingerprint density at radius 3 is 2.52 bits per heavy atom. The number of hydrogen-bond donors (Lipinski definition) is 0. The van der Waals surface area contributed by atoms with Crippen LogP contribution in [-0.4, -0.2) is 5.71 Å². The number of aliphatic imine (C=N–C) groups is 1. The number of hydrogen-bond acceptors (Lipinski definition) is 2. The summed E-state index contributed by atoms with van der Waals surface area (Å²) in [7, 11) is 0. The summed E-state index contributed by atoms with van der Waals surface area (Å²) in [4.78, 5) is 4.65. The second kappa shape index (κ2) is 7.44. The molecule has 0 spiro atoms. The van der Waals surface area contributed by atoms with E-state index in [-0.39, 0.29) is 0 Å². The standard InChI is InChI=1S/C19H21NO/c1-4-15(2)21-19-12-8-11-18(13-19)16(3)20-14-17-9-6-5-7-10-17/h4-13H,14H2,1-3H3/b15-4-,20-16?. The Hall–Kier alpha value is -2.35. The average Bonchev–Trinajstić information content (AvgIpc) is 2.53. The molecule has 0 aliphatic heterocycles. The second-order valence-electron chi connectivity index (χ2n) is 4.92. The summed E-state index contributed by atoms with van der Waals surface area (Å²) >= 11 is 0. The van der Waals surface area contributed by atoms with E-state index >= 15 is 0 Å². The first-order valence-electron chi connectivity index (χ1n) is 7.15. The molecule has 0 heterocycles. The van der Waals surface area contributed by atoms with Crippen LogP contribution in [0.1, 0.15) is 31.9 Å². The molecule has 0 saturated carbocycles. The molecule has 0 N–H and O–H groups in total. The molecular weight excluding hydrogens is 258 g/mol. The molecule has 2 aromatic carbocycles. The summed E-state index contributed by atoms with van der Waals surface area (Å²) < 4.78 is 5.72. The zero-order valence-electron chi connectivity index (χ0n) is 12.8. The zero-order valence-corrected chi connectivity index (χ0v) is 12.8. The van der Waals surface area contributed by atoms with Gasteiger partial charge in [-0.25, -0.2) is 0 Å². The van der Waals surface area contributed by atoms with Gasteiger partial charge in [-0.15, -0.1) is 0 Å². The monoisotopic (exact) mass is 279 g/mol. The van der Waals surface area contributed by atoms with E-state index in [4.69, 9.17) is 4.74 Å². The van der Waals surface area contributed by atoms with E-state index in [1.165, 1.54) is 5.56 Å². The summed E-state index contributed by atoms with van der Waals surface area (Å²) in [6.07, 6.45) is 1.95. The first-order valence-corrected chi connectivity index (χ1v) is 7.15. The lowest BCUT2D eigenvalue weighted by atomic mass is 10.1. The van der Waals surface area contributed by atoms with Crippen LogP contribution in [-0.2, 0) is 6.54 Å². The van der Waals surface area contributed by atoms with Gasteiger partial charge in [-0.3, -0.25) is 4.99 Å². The van der Waals surface area contributed by atoms with E-state index in [1.807, 2.05) is 63.2 Å². The van der Waals surface area contributed by atoms with Crippen molar-refractivity contribution in [3.05, 3.63) is 77.6 Å². The fraction of sp³-hybridized carbons (Fsp3) is 0.211. The minimum atomic E-state index is 0.700. The third-order valence-corrected chi connectivity index (χ3v) is 3.28. The van der Waals surface area contributed by atoms with Crippen molar-refractivity contribution < 1.29 is 4.74 Å². The van der Waals surface area contributed by atoms with Gasteiger partial charge in [0.05, 0.1) is 12.3 Å². The minimum absolute atomic E-state index is 0.700. The van der Waals surface area contributed by atoms with Crippen molar-refractivity contribution in [1.29, 1.82) is 0 Å². The van der Waals surface area contributed by atoms with Crippen LogP contribution in [0.4, 0.5) is 0 Å². The molecule has 0 fully saturated rings. The molecule has 0 bridgehead atoms. The third-order valence-electron chi connectivity index (χ3n) is 3.28. The predicted molar refractivity (Wildman–Crippen MR) is 88.9 cm³/mol. The van der Waals surface area contributed by atoms with Gasteiger partial charge in [-0.05, 0) is 50.1 Å². The summed E-state index contributed by atoms with van der Waals surface area (Å²) in [5.74, 6) is 1.74. The molecule has 0 aromatic heterocycles. The highest BCUT2D eigenvalue weighted by Gasteiger charge is 2.01. The molecule has 108 valence electrons. The lowest BCUT2D eigenvalue weighted by Gasteiger charge is -2.08. The van der Waals surface area contributed by atoms with Gasteiger partial charge in [0, 0.05) is 5.71 Å². The molecule has 0 atom stereocenters. The fourth-order valence-corrected chi connectivity index (χ4v) is 1.91. The van der Waals surface area contributed by atoms with Gasteiger partial charge >= 0.3 is 0 Å². The fourth-order valence-electron chi connectivity index (χ4n) is 1.91. The van der Waals surface area contributed by atoms with E-state index in [0.29, 0.717) is 6.54 Å². The molecule has 0 unspecified atom stereocenters. The van der Waals surface area contributed by atoms with Crippen molar-refractivity contribution in [2.24, 2.45) is 4.99 Å². The molecule has 2 heteroatoms. The molecule has 0 radical (unpaired) electrons. The van der Waals surface area contributed by atoms with E-state index in [9.17, 15) is 0 Å². The SMILES string of the molecule is C/C=C(/C)Oc1cccc(C(C)=NCc2ccccc2)c1. The van der Waals surface area contributed by atoms with E-state index in [0.717, 1.165) is 22.8 Å². The molecule has 21 heavy (non-hydrogen) atoms. The molecule has 0 aliphatic rings. The van der Waals surface area contributed by atoms with Gasteiger partial charge in [0.15, 0.2) is 0 Å². The third kappa shape index (κ3) is 4.60. The van der Waals surface area contributed by atoms with Crippen molar-refractivity contribution in [1.82, 2.24) is 0 Å². The molecule has 2 aromatic rings. The van der Waals surface area contributed by atoms with Crippen molar-refractivity contribution in [3.8, 4) is 5.75 Å². The van der Waals surface area contributed by atoms with Crippen LogP contribution >= 0.6 is 0 Å². The number of allylic oxidation sites excluding steroid dienone is 2. The van der Waals surface area contributed by atoms with Gasteiger partial charge in [0.25, 0.3) is 0 Å². The largest absolute Gasteiger partial charge is 0.462 e. The maximum Gasteiger partial charge on any atom is 0.127 e. The number of nitrogens with zero attached hydrogens (tertiary/aromatic N) is 1. The highest BCUT2D eigenvalue weighted by atomic mass is 16.5. The lowest BCUT2D eigenvalue weighted by Crippen LogP contribution is -1.97. The molecule has 2 nitrogen and oxygen atoms in total. The smallest absolute Gasteiger partial charge is 0.127 e. The van der Waals surface area contributed by atoms with Crippen LogP contribution in [0.3, 0.4) is 0 Å². The van der Waals surface area contributed by atoms with Gasteiger partial charge in [-0.1, -0.05) is 42.5 Å². The summed E-state index contributed by atoms with van der Waals surface area (Å²) in [5, 5.41) is 0. The van der Waals surface area contributed by atoms with Crippen molar-refractivity contribution in [2.45, 2.75) is 27.3 Å². The zero-order chi connectivity index (χ0) is 15.1. The van der Waals surface area contributed by atoms with Gasteiger partial charge in [-0.2, -0.15) is 0 Å². The van der Waals surface area contributed by atoms with Crippen LogP contribution < -0.4 is 4.74 Å². The van der Waals surface area contributed by atoms with Crippen molar-refractivity contribution in [3.63, 3.8) is 0 Å². The maximum atomic E-state index is 5.72. The Morgan fingerprint density at radius 2 is 1.81 bits per heavy atom. The average molecular weight is 279 g/mol. The molecule has 0 aliphatic carbocycles. The minimum Gasteiger partial charge on any atom is -0.462 e. The Labute approximate surface area is 126 Å². The quantitative estimate of drug-likeness (QED) is 0.557. The van der Waals surface area contributed by atoms with E-state index < -0.39 is 0 Å². The Morgan fingerprint density at radius 1 is 1.05 bits per heavy atom. The number of ether oxygens (including phenoxy) is 1. The molecule has 0 saturated heterocycles. The van der Waals surface area contributed by atoms with Crippen LogP contribution in [0.2, 0.25) is 0 Å². The Balaban J connectivity index is 2.11. The van der Waals surface area contributed by atoms with Gasteiger partial charge < -0.3 is 4.74 Å². The van der Waals surface area contributed by atoms with Crippen LogP contribution in [0.15, 0.2) is 71.4 Å².